The number of benzene rings is 1. The maximum Gasteiger partial charge on any atom is 0.287 e. The monoisotopic (exact) mass is 354 g/mol. The zero-order chi connectivity index (χ0) is 17.5. The molecule has 2 atom stereocenters. The molecule has 2 bridgehead atoms. The summed E-state index contributed by atoms with van der Waals surface area (Å²) in [7, 11) is 0. The number of carbonyl (C=O) groups excluding carboxylic acids is 1. The first-order valence-corrected chi connectivity index (χ1v) is 9.25. The number of piperidine rings is 1. The Morgan fingerprint density at radius 2 is 1.92 bits per heavy atom. The molecule has 0 spiro atoms. The van der Waals surface area contributed by atoms with Crippen LogP contribution in [0, 0.1) is 0 Å². The van der Waals surface area contributed by atoms with Crippen molar-refractivity contribution < 1.29 is 18.7 Å². The lowest BCUT2D eigenvalue weighted by atomic mass is 9.96. The van der Waals surface area contributed by atoms with Crippen LogP contribution in [-0.2, 0) is 6.54 Å². The van der Waals surface area contributed by atoms with Gasteiger partial charge in [0.25, 0.3) is 5.91 Å². The first-order valence-electron chi connectivity index (χ1n) is 9.25. The van der Waals surface area contributed by atoms with E-state index < -0.39 is 0 Å². The van der Waals surface area contributed by atoms with Crippen LogP contribution in [0.4, 0.5) is 0 Å². The van der Waals surface area contributed by atoms with Gasteiger partial charge in [0.2, 0.25) is 6.79 Å². The van der Waals surface area contributed by atoms with Gasteiger partial charge in [0, 0.05) is 24.7 Å². The van der Waals surface area contributed by atoms with Gasteiger partial charge in [-0.25, -0.2) is 0 Å². The van der Waals surface area contributed by atoms with Gasteiger partial charge in [0.1, 0.15) is 0 Å². The molecule has 1 aromatic heterocycles. The lowest BCUT2D eigenvalue weighted by molar-refractivity contribution is 0.0804. The van der Waals surface area contributed by atoms with E-state index in [0.29, 0.717) is 24.6 Å². The summed E-state index contributed by atoms with van der Waals surface area (Å²) in [4.78, 5) is 14.8. The van der Waals surface area contributed by atoms with Crippen LogP contribution in [0.2, 0.25) is 0 Å². The molecule has 6 nitrogen and oxygen atoms in total. The molecule has 1 amide bonds. The summed E-state index contributed by atoms with van der Waals surface area (Å²) in [5.41, 5.74) is 1.25. The molecule has 2 saturated heterocycles. The average molecular weight is 354 g/mol. The molecule has 2 aromatic rings. The van der Waals surface area contributed by atoms with Gasteiger partial charge in [-0.2, -0.15) is 0 Å². The van der Waals surface area contributed by atoms with Gasteiger partial charge in [0.05, 0.1) is 6.26 Å². The minimum atomic E-state index is -0.108. The number of rotatable bonds is 4. The molecule has 1 N–H and O–H groups in total. The Balaban J connectivity index is 1.24. The van der Waals surface area contributed by atoms with Crippen LogP contribution < -0.4 is 14.8 Å². The van der Waals surface area contributed by atoms with Gasteiger partial charge in [-0.1, -0.05) is 6.07 Å². The van der Waals surface area contributed by atoms with E-state index in [1.807, 2.05) is 6.07 Å². The first-order chi connectivity index (χ1) is 12.8. The molecule has 0 aliphatic carbocycles. The summed E-state index contributed by atoms with van der Waals surface area (Å²) in [5.74, 6) is 1.95. The largest absolute Gasteiger partial charge is 0.459 e. The van der Waals surface area contributed by atoms with E-state index in [2.05, 4.69) is 22.3 Å². The van der Waals surface area contributed by atoms with Crippen molar-refractivity contribution in [3.05, 3.63) is 47.9 Å². The van der Waals surface area contributed by atoms with Crippen molar-refractivity contribution in [3.63, 3.8) is 0 Å². The second-order valence-electron chi connectivity index (χ2n) is 7.36. The van der Waals surface area contributed by atoms with Crippen molar-refractivity contribution >= 4 is 5.91 Å². The number of nitrogens with zero attached hydrogens (tertiary/aromatic N) is 1. The number of carbonyl (C=O) groups is 1. The number of ether oxygens (including phenoxy) is 2. The zero-order valence-electron chi connectivity index (χ0n) is 14.5. The van der Waals surface area contributed by atoms with E-state index in [1.165, 1.54) is 24.7 Å². The normalized spacial score (nSPS) is 26.8. The fourth-order valence-corrected chi connectivity index (χ4v) is 4.56. The maximum absolute atomic E-state index is 12.2. The van der Waals surface area contributed by atoms with Crippen molar-refractivity contribution in [3.8, 4) is 11.5 Å². The molecule has 2 fully saturated rings. The molecule has 26 heavy (non-hydrogen) atoms. The molecule has 2 unspecified atom stereocenters. The third-order valence-electron chi connectivity index (χ3n) is 5.77. The highest BCUT2D eigenvalue weighted by Gasteiger charge is 2.41. The molecule has 6 heteroatoms. The second-order valence-corrected chi connectivity index (χ2v) is 7.36. The van der Waals surface area contributed by atoms with E-state index in [0.717, 1.165) is 30.9 Å². The Hall–Kier alpha value is -2.47. The lowest BCUT2D eigenvalue weighted by Gasteiger charge is -2.39. The minimum absolute atomic E-state index is 0.108. The molecule has 0 saturated carbocycles. The van der Waals surface area contributed by atoms with Gasteiger partial charge in [-0.3, -0.25) is 9.69 Å². The highest BCUT2D eigenvalue weighted by atomic mass is 16.7. The van der Waals surface area contributed by atoms with Gasteiger partial charge < -0.3 is 19.2 Å². The zero-order valence-corrected chi connectivity index (χ0v) is 14.5. The minimum Gasteiger partial charge on any atom is -0.459 e. The van der Waals surface area contributed by atoms with Crippen LogP contribution in [-0.4, -0.2) is 35.7 Å². The molecule has 5 rings (SSSR count). The molecule has 136 valence electrons. The fraction of sp³-hybridized carbons (Fsp3) is 0.450. The third kappa shape index (κ3) is 2.84. The van der Waals surface area contributed by atoms with Crippen LogP contribution in [0.15, 0.2) is 41.0 Å². The Kier molecular flexibility index (Phi) is 3.85. The number of amides is 1. The smallest absolute Gasteiger partial charge is 0.287 e. The van der Waals surface area contributed by atoms with Crippen LogP contribution >= 0.6 is 0 Å². The fourth-order valence-electron chi connectivity index (χ4n) is 4.56. The van der Waals surface area contributed by atoms with Crippen LogP contribution in [0.3, 0.4) is 0 Å². The quantitative estimate of drug-likeness (QED) is 0.915. The third-order valence-corrected chi connectivity index (χ3v) is 5.77. The number of furan rings is 1. The van der Waals surface area contributed by atoms with Crippen LogP contribution in [0.25, 0.3) is 0 Å². The number of hydrogen-bond acceptors (Lipinski definition) is 5. The van der Waals surface area contributed by atoms with Crippen LogP contribution in [0.1, 0.15) is 41.8 Å². The molecule has 4 heterocycles. The van der Waals surface area contributed by atoms with Gasteiger partial charge in [0.15, 0.2) is 17.3 Å². The topological polar surface area (TPSA) is 63.9 Å². The standard InChI is InChI=1S/C20H22N2O4/c23-20(18-2-1-7-24-18)21-14-9-15-4-5-16(10-14)22(15)11-13-3-6-17-19(8-13)26-12-25-17/h1-3,6-8,14-16H,4-5,9-12H2,(H,21,23). The van der Waals surface area contributed by atoms with Crippen molar-refractivity contribution in [2.24, 2.45) is 0 Å². The summed E-state index contributed by atoms with van der Waals surface area (Å²) in [6, 6.07) is 10.9. The van der Waals surface area contributed by atoms with E-state index >= 15 is 0 Å². The SMILES string of the molecule is O=C(NC1CC2CCC(C1)N2Cc1ccc2c(c1)OCO2)c1ccco1. The molecular formula is C20H22N2O4. The summed E-state index contributed by atoms with van der Waals surface area (Å²) in [6.45, 7) is 1.23. The summed E-state index contributed by atoms with van der Waals surface area (Å²) in [5, 5.41) is 3.14. The Labute approximate surface area is 152 Å². The van der Waals surface area contributed by atoms with Gasteiger partial charge in [-0.05, 0) is 55.5 Å². The molecule has 3 aliphatic heterocycles. The number of nitrogens with one attached hydrogen (secondary N) is 1. The summed E-state index contributed by atoms with van der Waals surface area (Å²) >= 11 is 0. The maximum atomic E-state index is 12.2. The predicted octanol–water partition coefficient (Wildman–Crippen LogP) is 2.93. The van der Waals surface area contributed by atoms with E-state index in [-0.39, 0.29) is 11.9 Å². The molecule has 3 aliphatic rings. The van der Waals surface area contributed by atoms with Crippen LogP contribution in [0.5, 0.6) is 11.5 Å². The van der Waals surface area contributed by atoms with Crippen molar-refractivity contribution in [2.45, 2.75) is 50.4 Å². The van der Waals surface area contributed by atoms with Gasteiger partial charge >= 0.3 is 0 Å². The van der Waals surface area contributed by atoms with Crippen molar-refractivity contribution in [2.75, 3.05) is 6.79 Å². The first kappa shape index (κ1) is 15.8. The second kappa shape index (κ2) is 6.36. The Bertz CT molecular complexity index is 790. The lowest BCUT2D eigenvalue weighted by Crippen LogP contribution is -2.49. The predicted molar refractivity (Wildman–Crippen MR) is 94.1 cm³/mol. The van der Waals surface area contributed by atoms with E-state index in [4.69, 9.17) is 13.9 Å². The van der Waals surface area contributed by atoms with E-state index in [1.54, 1.807) is 12.1 Å². The van der Waals surface area contributed by atoms with Crippen molar-refractivity contribution in [1.82, 2.24) is 10.2 Å². The number of fused-ring (bicyclic) bond motifs is 3. The van der Waals surface area contributed by atoms with Crippen molar-refractivity contribution in [1.29, 1.82) is 0 Å². The Morgan fingerprint density at radius 3 is 2.69 bits per heavy atom. The van der Waals surface area contributed by atoms with Gasteiger partial charge in [-0.15, -0.1) is 0 Å². The molecule has 1 aromatic carbocycles. The van der Waals surface area contributed by atoms with E-state index in [9.17, 15) is 4.79 Å². The molecule has 0 radical (unpaired) electrons. The highest BCUT2D eigenvalue weighted by Crippen LogP contribution is 2.38. The highest BCUT2D eigenvalue weighted by molar-refractivity contribution is 5.91. The average Bonchev–Trinajstić information content (AvgIpc) is 3.36. The number of hydrogen-bond donors (Lipinski definition) is 1. The summed E-state index contributed by atoms with van der Waals surface area (Å²) in [6.07, 6.45) is 5.91. The molecular weight excluding hydrogens is 332 g/mol. The Morgan fingerprint density at radius 1 is 1.12 bits per heavy atom. The summed E-state index contributed by atoms with van der Waals surface area (Å²) < 4.78 is 16.1.